The third-order valence-electron chi connectivity index (χ3n) is 1.78. The van der Waals surface area contributed by atoms with Crippen molar-refractivity contribution in [2.45, 2.75) is 27.2 Å². The van der Waals surface area contributed by atoms with Crippen molar-refractivity contribution in [3.8, 4) is 0 Å². The smallest absolute Gasteiger partial charge is 0.342 e. The summed E-state index contributed by atoms with van der Waals surface area (Å²) >= 11 is 0. The Balaban J connectivity index is 0.000000424. The Morgan fingerprint density at radius 1 is 1.23 bits per heavy atom. The van der Waals surface area contributed by atoms with Gasteiger partial charge < -0.3 is 4.90 Å². The number of rotatable bonds is 0. The van der Waals surface area contributed by atoms with Gasteiger partial charge in [0, 0.05) is 18.5 Å². The van der Waals surface area contributed by atoms with Crippen molar-refractivity contribution >= 4 is 12.1 Å². The predicted molar refractivity (Wildman–Crippen MR) is 45.7 cm³/mol. The van der Waals surface area contributed by atoms with Crippen molar-refractivity contribution in [2.24, 2.45) is 5.41 Å². The Morgan fingerprint density at radius 3 is 1.69 bits per heavy atom. The first-order valence-corrected chi connectivity index (χ1v) is 4.22. The highest BCUT2D eigenvalue weighted by atomic mass is 16.2. The minimum Gasteiger partial charge on any atom is -0.342 e. The average molecular weight is 185 g/mol. The Labute approximate surface area is 77.9 Å². The third-order valence-corrected chi connectivity index (χ3v) is 1.78. The fourth-order valence-electron chi connectivity index (χ4n) is 0.994. The van der Waals surface area contributed by atoms with Gasteiger partial charge in [-0.05, 0) is 6.42 Å². The molecule has 1 aliphatic rings. The van der Waals surface area contributed by atoms with Gasteiger partial charge in [0.1, 0.15) is 0 Å². The SMILES string of the molecule is CC(C)(C)C(=O)N1CCC1.O=C=O. The van der Waals surface area contributed by atoms with Gasteiger partial charge in [-0.25, -0.2) is 0 Å². The maximum absolute atomic E-state index is 11.4. The monoisotopic (exact) mass is 185 g/mol. The van der Waals surface area contributed by atoms with Crippen LogP contribution in [-0.4, -0.2) is 30.0 Å². The quantitative estimate of drug-likeness (QED) is 0.557. The topological polar surface area (TPSA) is 54.5 Å². The van der Waals surface area contributed by atoms with E-state index in [2.05, 4.69) is 0 Å². The fourth-order valence-corrected chi connectivity index (χ4v) is 0.994. The first-order valence-electron chi connectivity index (χ1n) is 4.22. The minimum atomic E-state index is -0.180. The summed E-state index contributed by atoms with van der Waals surface area (Å²) in [6.45, 7) is 7.83. The van der Waals surface area contributed by atoms with Crippen molar-refractivity contribution in [1.82, 2.24) is 4.90 Å². The van der Waals surface area contributed by atoms with Gasteiger partial charge in [-0.15, -0.1) is 0 Å². The first-order chi connectivity index (χ1) is 5.93. The molecule has 0 spiro atoms. The molecule has 1 heterocycles. The van der Waals surface area contributed by atoms with Gasteiger partial charge in [-0.2, -0.15) is 9.59 Å². The summed E-state index contributed by atoms with van der Waals surface area (Å²) in [6.07, 6.45) is 1.43. The molecule has 0 atom stereocenters. The largest absolute Gasteiger partial charge is 0.373 e. The number of hydrogen-bond acceptors (Lipinski definition) is 3. The van der Waals surface area contributed by atoms with Crippen molar-refractivity contribution in [3.63, 3.8) is 0 Å². The average Bonchev–Trinajstić information content (AvgIpc) is 1.82. The molecular formula is C9H15NO3. The molecule has 1 fully saturated rings. The fraction of sp³-hybridized carbons (Fsp3) is 0.778. The Hall–Kier alpha value is -1.15. The molecular weight excluding hydrogens is 170 g/mol. The molecule has 0 saturated carbocycles. The lowest BCUT2D eigenvalue weighted by atomic mass is 9.93. The molecule has 1 rings (SSSR count). The van der Waals surface area contributed by atoms with E-state index in [1.807, 2.05) is 25.7 Å². The van der Waals surface area contributed by atoms with Crippen molar-refractivity contribution in [2.75, 3.05) is 13.1 Å². The van der Waals surface area contributed by atoms with Gasteiger partial charge in [0.15, 0.2) is 0 Å². The summed E-state index contributed by atoms with van der Waals surface area (Å²) in [5, 5.41) is 0. The van der Waals surface area contributed by atoms with Crippen molar-refractivity contribution in [3.05, 3.63) is 0 Å². The van der Waals surface area contributed by atoms with Crippen LogP contribution in [-0.2, 0) is 14.4 Å². The van der Waals surface area contributed by atoms with E-state index in [9.17, 15) is 4.79 Å². The predicted octanol–water partition coefficient (Wildman–Crippen LogP) is 0.681. The second kappa shape index (κ2) is 4.77. The summed E-state index contributed by atoms with van der Waals surface area (Å²) < 4.78 is 0. The molecule has 0 bridgehead atoms. The van der Waals surface area contributed by atoms with E-state index in [1.165, 1.54) is 6.42 Å². The van der Waals surface area contributed by atoms with E-state index in [0.717, 1.165) is 13.1 Å². The van der Waals surface area contributed by atoms with Gasteiger partial charge in [0.05, 0.1) is 0 Å². The summed E-state index contributed by atoms with van der Waals surface area (Å²) in [4.78, 5) is 29.5. The van der Waals surface area contributed by atoms with Gasteiger partial charge in [0.25, 0.3) is 0 Å². The van der Waals surface area contributed by atoms with E-state index in [0.29, 0.717) is 5.91 Å². The summed E-state index contributed by atoms with van der Waals surface area (Å²) in [6, 6.07) is 0. The molecule has 0 N–H and O–H groups in total. The van der Waals surface area contributed by atoms with E-state index in [1.54, 1.807) is 0 Å². The molecule has 74 valence electrons. The van der Waals surface area contributed by atoms with Crippen LogP contribution >= 0.6 is 0 Å². The van der Waals surface area contributed by atoms with E-state index in [-0.39, 0.29) is 11.6 Å². The van der Waals surface area contributed by atoms with Crippen molar-refractivity contribution < 1.29 is 14.4 Å². The summed E-state index contributed by atoms with van der Waals surface area (Å²) in [7, 11) is 0. The number of hydrogen-bond donors (Lipinski definition) is 0. The zero-order valence-electron chi connectivity index (χ0n) is 8.29. The zero-order valence-corrected chi connectivity index (χ0v) is 8.29. The molecule has 0 radical (unpaired) electrons. The third kappa shape index (κ3) is 3.85. The second-order valence-electron chi connectivity index (χ2n) is 3.98. The maximum Gasteiger partial charge on any atom is 0.373 e. The lowest BCUT2D eigenvalue weighted by molar-refractivity contribution is -0.191. The molecule has 0 aromatic rings. The van der Waals surface area contributed by atoms with E-state index >= 15 is 0 Å². The van der Waals surface area contributed by atoms with Crippen LogP contribution < -0.4 is 0 Å². The second-order valence-corrected chi connectivity index (χ2v) is 3.98. The van der Waals surface area contributed by atoms with Crippen LogP contribution in [0, 0.1) is 5.41 Å². The number of carbonyl (C=O) groups excluding carboxylic acids is 3. The van der Waals surface area contributed by atoms with Gasteiger partial charge in [-0.3, -0.25) is 4.79 Å². The number of carbonyl (C=O) groups is 1. The van der Waals surface area contributed by atoms with Gasteiger partial charge in [0.2, 0.25) is 5.91 Å². The molecule has 1 amide bonds. The number of nitrogens with zero attached hydrogens (tertiary/aromatic N) is 1. The maximum atomic E-state index is 11.4. The molecule has 1 saturated heterocycles. The molecule has 13 heavy (non-hydrogen) atoms. The van der Waals surface area contributed by atoms with Gasteiger partial charge >= 0.3 is 6.15 Å². The molecule has 4 nitrogen and oxygen atoms in total. The van der Waals surface area contributed by atoms with Crippen LogP contribution in [0.1, 0.15) is 27.2 Å². The normalized spacial score (nSPS) is 14.8. The minimum absolute atomic E-state index is 0.180. The summed E-state index contributed by atoms with van der Waals surface area (Å²) in [5.74, 6) is 0.291. The molecule has 0 unspecified atom stereocenters. The molecule has 0 aromatic carbocycles. The summed E-state index contributed by atoms with van der Waals surface area (Å²) in [5.41, 5.74) is -0.180. The van der Waals surface area contributed by atoms with E-state index < -0.39 is 0 Å². The Morgan fingerprint density at radius 2 is 1.62 bits per heavy atom. The van der Waals surface area contributed by atoms with Crippen LogP contribution in [0.3, 0.4) is 0 Å². The Kier molecular flexibility index (Phi) is 4.35. The molecule has 1 aliphatic heterocycles. The molecule has 0 aromatic heterocycles. The highest BCUT2D eigenvalue weighted by Crippen LogP contribution is 2.20. The van der Waals surface area contributed by atoms with Crippen LogP contribution in [0.4, 0.5) is 0 Å². The van der Waals surface area contributed by atoms with Gasteiger partial charge in [-0.1, -0.05) is 20.8 Å². The molecule has 4 heteroatoms. The Bertz CT molecular complexity index is 207. The van der Waals surface area contributed by atoms with Crippen LogP contribution in [0.2, 0.25) is 0 Å². The van der Waals surface area contributed by atoms with Crippen LogP contribution in [0.15, 0.2) is 0 Å². The lowest BCUT2D eigenvalue weighted by Gasteiger charge is -2.35. The van der Waals surface area contributed by atoms with Crippen molar-refractivity contribution in [1.29, 1.82) is 0 Å². The zero-order chi connectivity index (χ0) is 10.5. The highest BCUT2D eigenvalue weighted by molar-refractivity contribution is 5.82. The van der Waals surface area contributed by atoms with E-state index in [4.69, 9.17) is 9.59 Å². The first kappa shape index (κ1) is 11.8. The standard InChI is InChI=1S/C8H15NO.CO2/c1-8(2,3)7(10)9-5-4-6-9;2-1-3/h4-6H2,1-3H3;. The van der Waals surface area contributed by atoms with Crippen LogP contribution in [0.5, 0.6) is 0 Å². The highest BCUT2D eigenvalue weighted by Gasteiger charge is 2.29. The number of amides is 1. The number of likely N-dealkylation sites (tertiary alicyclic amines) is 1. The van der Waals surface area contributed by atoms with Crippen LogP contribution in [0.25, 0.3) is 0 Å². The molecule has 0 aliphatic carbocycles. The lowest BCUT2D eigenvalue weighted by Crippen LogP contribution is -2.47.